The first-order valence-electron chi connectivity index (χ1n) is 5.23. The second kappa shape index (κ2) is 4.37. The van der Waals surface area contributed by atoms with Gasteiger partial charge in [0.2, 0.25) is 0 Å². The number of fused-ring (bicyclic) bond motifs is 1. The van der Waals surface area contributed by atoms with Crippen molar-refractivity contribution in [3.63, 3.8) is 0 Å². The molecule has 0 spiro atoms. The molecule has 0 aliphatic carbocycles. The van der Waals surface area contributed by atoms with Gasteiger partial charge in [-0.15, -0.1) is 0 Å². The lowest BCUT2D eigenvalue weighted by Gasteiger charge is -2.03. The molecule has 0 bridgehead atoms. The molecule has 0 saturated carbocycles. The average Bonchev–Trinajstić information content (AvgIpc) is 2.55. The van der Waals surface area contributed by atoms with Crippen LogP contribution in [0.5, 0.6) is 0 Å². The second-order valence-corrected chi connectivity index (χ2v) is 5.14. The first-order chi connectivity index (χ1) is 7.61. The minimum absolute atomic E-state index is 0.511. The van der Waals surface area contributed by atoms with Crippen molar-refractivity contribution in [1.29, 1.82) is 0 Å². The van der Waals surface area contributed by atoms with Gasteiger partial charge in [-0.2, -0.15) is 0 Å². The Kier molecular flexibility index (Phi) is 3.10. The molecule has 4 heteroatoms. The largest absolute Gasteiger partial charge is 0.303 e. The molecule has 84 valence electrons. The fraction of sp³-hybridized carbons (Fsp3) is 0.333. The molecule has 0 N–H and O–H groups in total. The van der Waals surface area contributed by atoms with Crippen LogP contribution >= 0.6 is 15.9 Å². The van der Waals surface area contributed by atoms with E-state index in [1.54, 1.807) is 0 Å². The zero-order valence-electron chi connectivity index (χ0n) is 9.27. The number of hydrogen-bond acceptors (Lipinski definition) is 2. The zero-order valence-corrected chi connectivity index (χ0v) is 10.9. The van der Waals surface area contributed by atoms with Crippen LogP contribution in [0.1, 0.15) is 30.2 Å². The number of pyridine rings is 1. The summed E-state index contributed by atoms with van der Waals surface area (Å²) in [6, 6.07) is 3.87. The number of carbonyl (C=O) groups excluding carboxylic acids is 1. The van der Waals surface area contributed by atoms with Gasteiger partial charge in [-0.05, 0) is 18.1 Å². The van der Waals surface area contributed by atoms with Crippen LogP contribution < -0.4 is 0 Å². The van der Waals surface area contributed by atoms with Gasteiger partial charge < -0.3 is 4.40 Å². The Bertz CT molecular complexity index is 531. The Morgan fingerprint density at radius 2 is 2.31 bits per heavy atom. The fourth-order valence-electron chi connectivity index (χ4n) is 1.74. The van der Waals surface area contributed by atoms with Crippen LogP contribution in [-0.4, -0.2) is 15.7 Å². The van der Waals surface area contributed by atoms with E-state index in [0.717, 1.165) is 28.5 Å². The van der Waals surface area contributed by atoms with Crippen LogP contribution in [0.15, 0.2) is 22.8 Å². The number of hydrogen-bond donors (Lipinski definition) is 0. The van der Waals surface area contributed by atoms with E-state index in [9.17, 15) is 4.79 Å². The normalized spacial score (nSPS) is 11.2. The summed E-state index contributed by atoms with van der Waals surface area (Å²) in [6.07, 6.45) is 3.62. The maximum absolute atomic E-state index is 10.9. The van der Waals surface area contributed by atoms with Crippen molar-refractivity contribution in [2.45, 2.75) is 20.3 Å². The molecule has 3 nitrogen and oxygen atoms in total. The lowest BCUT2D eigenvalue weighted by Crippen LogP contribution is -2.00. The van der Waals surface area contributed by atoms with E-state index in [1.807, 2.05) is 22.7 Å². The molecule has 0 aromatic carbocycles. The van der Waals surface area contributed by atoms with Gasteiger partial charge in [-0.1, -0.05) is 29.8 Å². The number of halogens is 1. The zero-order chi connectivity index (χ0) is 11.7. The van der Waals surface area contributed by atoms with Crippen LogP contribution in [-0.2, 0) is 6.42 Å². The summed E-state index contributed by atoms with van der Waals surface area (Å²) in [6.45, 7) is 4.28. The lowest BCUT2D eigenvalue weighted by atomic mass is 10.1. The molecule has 0 unspecified atom stereocenters. The molecule has 0 aliphatic heterocycles. The van der Waals surface area contributed by atoms with Gasteiger partial charge in [-0.25, -0.2) is 4.98 Å². The van der Waals surface area contributed by atoms with E-state index in [0.29, 0.717) is 11.6 Å². The average molecular weight is 281 g/mol. The minimum Gasteiger partial charge on any atom is -0.303 e. The predicted octanol–water partition coefficient (Wildman–Crippen LogP) is 3.11. The standard InChI is InChI=1S/C12H13BrN2O/c1-8(2)5-12-14-10(7-16)11-6-9(13)3-4-15(11)12/h3-4,6-8H,5H2,1-2H3. The van der Waals surface area contributed by atoms with Crippen LogP contribution in [0.25, 0.3) is 5.52 Å². The number of rotatable bonds is 3. The number of carbonyl (C=O) groups is 1. The Hall–Kier alpha value is -1.16. The van der Waals surface area contributed by atoms with Gasteiger partial charge in [0.1, 0.15) is 11.5 Å². The summed E-state index contributed by atoms with van der Waals surface area (Å²) in [5.74, 6) is 1.47. The molecule has 0 atom stereocenters. The van der Waals surface area contributed by atoms with E-state index >= 15 is 0 Å². The Balaban J connectivity index is 2.63. The van der Waals surface area contributed by atoms with Crippen molar-refractivity contribution in [1.82, 2.24) is 9.38 Å². The maximum atomic E-state index is 10.9. The smallest absolute Gasteiger partial charge is 0.170 e. The molecule has 16 heavy (non-hydrogen) atoms. The highest BCUT2D eigenvalue weighted by atomic mass is 79.9. The molecule has 0 saturated heterocycles. The molecule has 0 radical (unpaired) electrons. The SMILES string of the molecule is CC(C)Cc1nc(C=O)c2cc(Br)ccn12. The molecule has 0 amide bonds. The van der Waals surface area contributed by atoms with E-state index in [2.05, 4.69) is 34.8 Å². The van der Waals surface area contributed by atoms with Gasteiger partial charge in [0, 0.05) is 17.1 Å². The van der Waals surface area contributed by atoms with E-state index in [-0.39, 0.29) is 0 Å². The molecule has 0 fully saturated rings. The van der Waals surface area contributed by atoms with Gasteiger partial charge in [-0.3, -0.25) is 4.79 Å². The van der Waals surface area contributed by atoms with Crippen LogP contribution in [0, 0.1) is 5.92 Å². The molecule has 2 aromatic heterocycles. The lowest BCUT2D eigenvalue weighted by molar-refractivity contribution is 0.112. The number of imidazole rings is 1. The van der Waals surface area contributed by atoms with Crippen molar-refractivity contribution in [2.24, 2.45) is 5.92 Å². The Labute approximate surface area is 103 Å². The summed E-state index contributed by atoms with van der Waals surface area (Å²) in [4.78, 5) is 15.3. The fourth-order valence-corrected chi connectivity index (χ4v) is 2.08. The molecular formula is C12H13BrN2O. The summed E-state index contributed by atoms with van der Waals surface area (Å²) in [7, 11) is 0. The molecule has 2 rings (SSSR count). The van der Waals surface area contributed by atoms with Gasteiger partial charge in [0.15, 0.2) is 6.29 Å². The van der Waals surface area contributed by atoms with Crippen molar-refractivity contribution in [3.05, 3.63) is 34.3 Å². The number of aromatic nitrogens is 2. The summed E-state index contributed by atoms with van der Waals surface area (Å²) >= 11 is 3.40. The first kappa shape index (κ1) is 11.3. The van der Waals surface area contributed by atoms with E-state index in [4.69, 9.17) is 0 Å². The summed E-state index contributed by atoms with van der Waals surface area (Å²) in [5.41, 5.74) is 1.37. The van der Waals surface area contributed by atoms with Gasteiger partial charge >= 0.3 is 0 Å². The highest BCUT2D eigenvalue weighted by Gasteiger charge is 2.11. The van der Waals surface area contributed by atoms with Crippen LogP contribution in [0.4, 0.5) is 0 Å². The van der Waals surface area contributed by atoms with Gasteiger partial charge in [0.25, 0.3) is 0 Å². The maximum Gasteiger partial charge on any atom is 0.170 e. The van der Waals surface area contributed by atoms with E-state index in [1.165, 1.54) is 0 Å². The third kappa shape index (κ3) is 2.02. The number of aldehydes is 1. The third-order valence-corrected chi connectivity index (χ3v) is 2.90. The predicted molar refractivity (Wildman–Crippen MR) is 66.8 cm³/mol. The highest BCUT2D eigenvalue weighted by Crippen LogP contribution is 2.19. The first-order valence-corrected chi connectivity index (χ1v) is 6.02. The van der Waals surface area contributed by atoms with Crippen molar-refractivity contribution in [2.75, 3.05) is 0 Å². The van der Waals surface area contributed by atoms with Crippen molar-refractivity contribution >= 4 is 27.7 Å². The second-order valence-electron chi connectivity index (χ2n) is 4.23. The molecule has 2 heterocycles. The molecule has 2 aromatic rings. The van der Waals surface area contributed by atoms with Crippen molar-refractivity contribution in [3.8, 4) is 0 Å². The molecule has 0 aliphatic rings. The Morgan fingerprint density at radius 1 is 1.56 bits per heavy atom. The summed E-state index contributed by atoms with van der Waals surface area (Å²) in [5, 5.41) is 0. The van der Waals surface area contributed by atoms with Crippen LogP contribution in [0.3, 0.4) is 0 Å². The quantitative estimate of drug-likeness (QED) is 0.810. The topological polar surface area (TPSA) is 34.4 Å². The Morgan fingerprint density at radius 3 is 2.94 bits per heavy atom. The van der Waals surface area contributed by atoms with Crippen molar-refractivity contribution < 1.29 is 4.79 Å². The summed E-state index contributed by atoms with van der Waals surface area (Å²) < 4.78 is 2.94. The third-order valence-electron chi connectivity index (χ3n) is 2.41. The van der Waals surface area contributed by atoms with Gasteiger partial charge in [0.05, 0.1) is 5.52 Å². The minimum atomic E-state index is 0.511. The highest BCUT2D eigenvalue weighted by molar-refractivity contribution is 9.10. The van der Waals surface area contributed by atoms with Crippen LogP contribution in [0.2, 0.25) is 0 Å². The van der Waals surface area contributed by atoms with E-state index < -0.39 is 0 Å². The number of nitrogens with zero attached hydrogens (tertiary/aromatic N) is 2. The monoisotopic (exact) mass is 280 g/mol. The molecular weight excluding hydrogens is 268 g/mol.